The fourth-order valence-corrected chi connectivity index (χ4v) is 2.91. The summed E-state index contributed by atoms with van der Waals surface area (Å²) in [6.07, 6.45) is 0.199. The van der Waals surface area contributed by atoms with E-state index in [1.807, 2.05) is 32.0 Å². The van der Waals surface area contributed by atoms with Crippen molar-refractivity contribution in [1.29, 1.82) is 0 Å². The van der Waals surface area contributed by atoms with E-state index in [2.05, 4.69) is 10.1 Å². The average molecular weight is 333 g/mol. The molecule has 122 valence electrons. The molecule has 1 aromatic heterocycles. The maximum absolute atomic E-state index is 12.0. The monoisotopic (exact) mass is 333 g/mol. The quantitative estimate of drug-likeness (QED) is 0.821. The van der Waals surface area contributed by atoms with Crippen molar-refractivity contribution in [1.82, 2.24) is 0 Å². The standard InChI is InChI=1S/C17H19NO4S/c1-11-5-4-6-12(2)15(11)22-9-7-14(19)18-13-8-10-23-16(13)17(20)21-3/h4-6,8,10H,7,9H2,1-3H3,(H,18,19). The van der Waals surface area contributed by atoms with Gasteiger partial charge in [-0.1, -0.05) is 18.2 Å². The number of anilines is 1. The van der Waals surface area contributed by atoms with Crippen LogP contribution in [-0.2, 0) is 9.53 Å². The van der Waals surface area contributed by atoms with E-state index in [4.69, 9.17) is 4.74 Å². The Morgan fingerprint density at radius 1 is 1.17 bits per heavy atom. The van der Waals surface area contributed by atoms with Gasteiger partial charge in [0.1, 0.15) is 10.6 Å². The molecule has 2 rings (SSSR count). The van der Waals surface area contributed by atoms with Crippen LogP contribution in [-0.4, -0.2) is 25.6 Å². The number of para-hydroxylation sites is 1. The number of esters is 1. The minimum atomic E-state index is -0.456. The zero-order valence-corrected chi connectivity index (χ0v) is 14.2. The molecule has 23 heavy (non-hydrogen) atoms. The molecule has 1 heterocycles. The highest BCUT2D eigenvalue weighted by Crippen LogP contribution is 2.24. The molecule has 6 heteroatoms. The highest BCUT2D eigenvalue weighted by Gasteiger charge is 2.15. The number of amides is 1. The Balaban J connectivity index is 1.89. The van der Waals surface area contributed by atoms with E-state index in [9.17, 15) is 9.59 Å². The largest absolute Gasteiger partial charge is 0.493 e. The first kappa shape index (κ1) is 17.0. The molecule has 0 saturated heterocycles. The number of benzene rings is 1. The Morgan fingerprint density at radius 2 is 1.87 bits per heavy atom. The lowest BCUT2D eigenvalue weighted by Crippen LogP contribution is -2.16. The van der Waals surface area contributed by atoms with Gasteiger partial charge < -0.3 is 14.8 Å². The van der Waals surface area contributed by atoms with Crippen molar-refractivity contribution in [2.24, 2.45) is 0 Å². The molecule has 5 nitrogen and oxygen atoms in total. The fraction of sp³-hybridized carbons (Fsp3) is 0.294. The van der Waals surface area contributed by atoms with E-state index in [-0.39, 0.29) is 18.9 Å². The van der Waals surface area contributed by atoms with Crippen molar-refractivity contribution in [3.8, 4) is 5.75 Å². The van der Waals surface area contributed by atoms with Gasteiger partial charge >= 0.3 is 5.97 Å². The van der Waals surface area contributed by atoms with Gasteiger partial charge in [-0.2, -0.15) is 0 Å². The smallest absolute Gasteiger partial charge is 0.350 e. The van der Waals surface area contributed by atoms with Crippen molar-refractivity contribution < 1.29 is 19.1 Å². The zero-order valence-electron chi connectivity index (χ0n) is 13.3. The summed E-state index contributed by atoms with van der Waals surface area (Å²) in [5, 5.41) is 4.44. The Labute approximate surface area is 139 Å². The minimum absolute atomic E-state index is 0.199. The SMILES string of the molecule is COC(=O)c1sccc1NC(=O)CCOc1c(C)cccc1C. The number of ether oxygens (including phenoxy) is 2. The number of carbonyl (C=O) groups is 2. The third-order valence-corrected chi connectivity index (χ3v) is 4.19. The van der Waals surface area contributed by atoms with Crippen LogP contribution in [0.3, 0.4) is 0 Å². The molecule has 0 bridgehead atoms. The van der Waals surface area contributed by atoms with E-state index in [1.54, 1.807) is 11.4 Å². The van der Waals surface area contributed by atoms with Crippen LogP contribution >= 0.6 is 11.3 Å². The first-order valence-electron chi connectivity index (χ1n) is 7.17. The van der Waals surface area contributed by atoms with Crippen LogP contribution in [0.15, 0.2) is 29.6 Å². The number of methoxy groups -OCH3 is 1. The Bertz CT molecular complexity index is 688. The van der Waals surface area contributed by atoms with Gasteiger partial charge in [-0.3, -0.25) is 4.79 Å². The van der Waals surface area contributed by atoms with Gasteiger partial charge in [0.2, 0.25) is 5.91 Å². The molecule has 0 saturated carbocycles. The van der Waals surface area contributed by atoms with Crippen LogP contribution in [0.4, 0.5) is 5.69 Å². The number of nitrogens with one attached hydrogen (secondary N) is 1. The van der Waals surface area contributed by atoms with Crippen LogP contribution < -0.4 is 10.1 Å². The van der Waals surface area contributed by atoms with Gasteiger partial charge in [0.15, 0.2) is 0 Å². The highest BCUT2D eigenvalue weighted by molar-refractivity contribution is 7.12. The van der Waals surface area contributed by atoms with Crippen LogP contribution in [0.2, 0.25) is 0 Å². The summed E-state index contributed by atoms with van der Waals surface area (Å²) >= 11 is 1.23. The number of hydrogen-bond acceptors (Lipinski definition) is 5. The van der Waals surface area contributed by atoms with Crippen LogP contribution in [0, 0.1) is 13.8 Å². The molecule has 0 aliphatic rings. The third-order valence-electron chi connectivity index (χ3n) is 3.29. The molecular weight excluding hydrogens is 314 g/mol. The molecule has 0 spiro atoms. The van der Waals surface area contributed by atoms with Crippen molar-refractivity contribution >= 4 is 28.9 Å². The second-order valence-corrected chi connectivity index (χ2v) is 5.94. The molecule has 0 fully saturated rings. The van der Waals surface area contributed by atoms with Crippen LogP contribution in [0.25, 0.3) is 0 Å². The number of rotatable bonds is 6. The van der Waals surface area contributed by atoms with Gasteiger partial charge in [0.25, 0.3) is 0 Å². The number of hydrogen-bond donors (Lipinski definition) is 1. The molecule has 0 aliphatic heterocycles. The van der Waals surface area contributed by atoms with Gasteiger partial charge in [-0.15, -0.1) is 11.3 Å². The summed E-state index contributed by atoms with van der Waals surface area (Å²) in [6, 6.07) is 7.59. The lowest BCUT2D eigenvalue weighted by atomic mass is 10.1. The molecular formula is C17H19NO4S. The van der Waals surface area contributed by atoms with Gasteiger partial charge in [-0.05, 0) is 36.4 Å². The summed E-state index contributed by atoms with van der Waals surface area (Å²) < 4.78 is 10.4. The van der Waals surface area contributed by atoms with Crippen molar-refractivity contribution in [3.63, 3.8) is 0 Å². The Kier molecular flexibility index (Phi) is 5.76. The van der Waals surface area contributed by atoms with Crippen LogP contribution in [0.5, 0.6) is 5.75 Å². The summed E-state index contributed by atoms with van der Waals surface area (Å²) in [6.45, 7) is 4.21. The highest BCUT2D eigenvalue weighted by atomic mass is 32.1. The second kappa shape index (κ2) is 7.78. The Morgan fingerprint density at radius 3 is 2.52 bits per heavy atom. The normalized spacial score (nSPS) is 10.2. The topological polar surface area (TPSA) is 64.6 Å². The zero-order chi connectivity index (χ0) is 16.8. The summed E-state index contributed by atoms with van der Waals surface area (Å²) in [7, 11) is 1.31. The Hall–Kier alpha value is -2.34. The van der Waals surface area contributed by atoms with Crippen molar-refractivity contribution in [2.45, 2.75) is 20.3 Å². The molecule has 0 radical (unpaired) electrons. The van der Waals surface area contributed by atoms with E-state index >= 15 is 0 Å². The summed E-state index contributed by atoms with van der Waals surface area (Å²) in [5.74, 6) is 0.146. The van der Waals surface area contributed by atoms with Crippen LogP contribution in [0.1, 0.15) is 27.2 Å². The van der Waals surface area contributed by atoms with E-state index < -0.39 is 5.97 Å². The van der Waals surface area contributed by atoms with Gasteiger partial charge in [0.05, 0.1) is 25.8 Å². The summed E-state index contributed by atoms with van der Waals surface area (Å²) in [5.41, 5.74) is 2.55. The number of carbonyl (C=O) groups excluding carboxylic acids is 2. The first-order valence-corrected chi connectivity index (χ1v) is 8.05. The molecule has 0 unspecified atom stereocenters. The number of aryl methyl sites for hydroxylation is 2. The lowest BCUT2D eigenvalue weighted by molar-refractivity contribution is -0.116. The third kappa shape index (κ3) is 4.32. The minimum Gasteiger partial charge on any atom is -0.493 e. The summed E-state index contributed by atoms with van der Waals surface area (Å²) in [4.78, 5) is 23.9. The molecule has 1 amide bonds. The molecule has 1 aromatic carbocycles. The molecule has 1 N–H and O–H groups in total. The van der Waals surface area contributed by atoms with Crippen molar-refractivity contribution in [2.75, 3.05) is 19.0 Å². The maximum Gasteiger partial charge on any atom is 0.350 e. The van der Waals surface area contributed by atoms with Gasteiger partial charge in [0, 0.05) is 0 Å². The fourth-order valence-electron chi connectivity index (χ4n) is 2.14. The predicted molar refractivity (Wildman–Crippen MR) is 90.3 cm³/mol. The molecule has 0 aliphatic carbocycles. The maximum atomic E-state index is 12.0. The van der Waals surface area contributed by atoms with E-state index in [0.29, 0.717) is 10.6 Å². The average Bonchev–Trinajstić information content (AvgIpc) is 2.97. The number of thiophene rings is 1. The van der Waals surface area contributed by atoms with Crippen molar-refractivity contribution in [3.05, 3.63) is 45.6 Å². The van der Waals surface area contributed by atoms with Gasteiger partial charge in [-0.25, -0.2) is 4.79 Å². The van der Waals surface area contributed by atoms with E-state index in [1.165, 1.54) is 18.4 Å². The predicted octanol–water partition coefficient (Wildman–Crippen LogP) is 3.56. The first-order chi connectivity index (χ1) is 11.0. The molecule has 2 aromatic rings. The second-order valence-electron chi connectivity index (χ2n) is 5.02. The van der Waals surface area contributed by atoms with E-state index in [0.717, 1.165) is 16.9 Å². The lowest BCUT2D eigenvalue weighted by Gasteiger charge is -2.12. The molecule has 0 atom stereocenters.